The second-order valence-corrected chi connectivity index (χ2v) is 10.5. The minimum Gasteiger partial charge on any atom is -0.301 e. The maximum Gasteiger partial charge on any atom is 0.239 e. The second-order valence-electron chi connectivity index (χ2n) is 7.02. The van der Waals surface area contributed by atoms with Crippen molar-refractivity contribution in [3.8, 4) is 11.3 Å². The van der Waals surface area contributed by atoms with Crippen LogP contribution >= 0.6 is 57.9 Å². The van der Waals surface area contributed by atoms with Crippen LogP contribution in [0.4, 0.5) is 10.8 Å². The number of thiazole rings is 1. The molecule has 2 heterocycles. The molecule has 5 nitrogen and oxygen atoms in total. The Kier molecular flexibility index (Phi) is 8.24. The van der Waals surface area contributed by atoms with Gasteiger partial charge in [0.2, 0.25) is 5.91 Å². The van der Waals surface area contributed by atoms with Gasteiger partial charge < -0.3 is 5.32 Å². The minimum atomic E-state index is -0.384. The van der Waals surface area contributed by atoms with Crippen LogP contribution in [0.2, 0.25) is 15.2 Å². The van der Waals surface area contributed by atoms with Gasteiger partial charge in [-0.1, -0.05) is 46.9 Å². The number of rotatable bonds is 7. The summed E-state index contributed by atoms with van der Waals surface area (Å²) in [5.41, 5.74) is 2.89. The lowest BCUT2D eigenvalue weighted by Crippen LogP contribution is -2.22. The normalized spacial score (nSPS) is 12.1. The monoisotopic (exact) mass is 546 g/mol. The zero-order valence-corrected chi connectivity index (χ0v) is 21.6. The molecular formula is C24H17Cl3N4OS2. The molecule has 2 aromatic carbocycles. The van der Waals surface area contributed by atoms with Crippen LogP contribution in [0, 0.1) is 0 Å². The molecule has 0 radical (unpaired) electrons. The molecule has 0 bridgehead atoms. The van der Waals surface area contributed by atoms with Gasteiger partial charge in [-0.3, -0.25) is 9.79 Å². The van der Waals surface area contributed by atoms with Gasteiger partial charge in [0.05, 0.1) is 21.7 Å². The summed E-state index contributed by atoms with van der Waals surface area (Å²) >= 11 is 21.1. The lowest BCUT2D eigenvalue weighted by molar-refractivity contribution is -0.115. The van der Waals surface area contributed by atoms with E-state index in [1.165, 1.54) is 23.1 Å². The highest BCUT2D eigenvalue weighted by molar-refractivity contribution is 8.00. The molecule has 0 spiro atoms. The first kappa shape index (κ1) is 24.7. The number of aliphatic imine (C=N–C) groups is 1. The van der Waals surface area contributed by atoms with Gasteiger partial charge in [-0.2, -0.15) is 0 Å². The van der Waals surface area contributed by atoms with Gasteiger partial charge in [-0.25, -0.2) is 9.97 Å². The van der Waals surface area contributed by atoms with E-state index in [0.717, 1.165) is 21.7 Å². The number of pyridine rings is 1. The Labute approximate surface area is 220 Å². The molecule has 1 N–H and O–H groups in total. The van der Waals surface area contributed by atoms with Gasteiger partial charge in [0.1, 0.15) is 5.15 Å². The predicted octanol–water partition coefficient (Wildman–Crippen LogP) is 8.04. The third-order valence-corrected chi connectivity index (χ3v) is 7.40. The van der Waals surface area contributed by atoms with Crippen molar-refractivity contribution in [2.24, 2.45) is 4.99 Å². The lowest BCUT2D eigenvalue weighted by atomic mass is 10.2. The molecular weight excluding hydrogens is 531 g/mol. The fourth-order valence-corrected chi connectivity index (χ4v) is 5.23. The molecule has 0 aliphatic carbocycles. The highest BCUT2D eigenvalue weighted by Gasteiger charge is 2.18. The molecule has 0 unspecified atom stereocenters. The number of halogens is 3. The van der Waals surface area contributed by atoms with Gasteiger partial charge in [-0.05, 0) is 49.4 Å². The number of anilines is 1. The van der Waals surface area contributed by atoms with E-state index in [2.05, 4.69) is 20.3 Å². The van der Waals surface area contributed by atoms with Crippen LogP contribution in [-0.2, 0) is 4.79 Å². The molecule has 1 amide bonds. The third-order valence-electron chi connectivity index (χ3n) is 4.61. The number of thioether (sulfide) groups is 1. The fraction of sp³-hybridized carbons (Fsp3) is 0.0833. The third kappa shape index (κ3) is 6.17. The Morgan fingerprint density at radius 3 is 2.76 bits per heavy atom. The molecule has 0 fully saturated rings. The maximum absolute atomic E-state index is 12.8. The largest absolute Gasteiger partial charge is 0.301 e. The lowest BCUT2D eigenvalue weighted by Gasteiger charge is -2.12. The molecule has 0 saturated carbocycles. The number of amides is 1. The molecule has 4 aromatic rings. The number of hydrogen-bond donors (Lipinski definition) is 1. The Morgan fingerprint density at radius 2 is 1.97 bits per heavy atom. The molecule has 1 atom stereocenters. The molecule has 2 aromatic heterocycles. The van der Waals surface area contributed by atoms with Gasteiger partial charge in [0, 0.05) is 38.8 Å². The zero-order chi connectivity index (χ0) is 24.1. The highest BCUT2D eigenvalue weighted by atomic mass is 35.5. The van der Waals surface area contributed by atoms with Crippen molar-refractivity contribution >= 4 is 80.8 Å². The summed E-state index contributed by atoms with van der Waals surface area (Å²) in [6.45, 7) is 1.84. The fourth-order valence-electron chi connectivity index (χ4n) is 2.90. The molecule has 172 valence electrons. The zero-order valence-electron chi connectivity index (χ0n) is 17.7. The standard InChI is InChI=1S/C24H17Cl3N4OS2/c1-14(23(32)31-24-30-20(13-33-24)17-9-8-16(25)11-18(17)26)34-21-7-3-2-6-19(21)29-12-15-5-4-10-28-22(15)27/h2-14H,1H3,(H,30,31,32)/t14-/m0/s1. The molecule has 0 saturated heterocycles. The van der Waals surface area contributed by atoms with Crippen LogP contribution in [-0.4, -0.2) is 27.3 Å². The van der Waals surface area contributed by atoms with Crippen molar-refractivity contribution < 1.29 is 4.79 Å². The smallest absolute Gasteiger partial charge is 0.239 e. The van der Waals surface area contributed by atoms with Crippen LogP contribution in [0.15, 0.2) is 76.1 Å². The van der Waals surface area contributed by atoms with Crippen molar-refractivity contribution in [1.29, 1.82) is 0 Å². The molecule has 0 aliphatic heterocycles. The van der Waals surface area contributed by atoms with Gasteiger partial charge >= 0.3 is 0 Å². The summed E-state index contributed by atoms with van der Waals surface area (Å²) in [4.78, 5) is 26.8. The van der Waals surface area contributed by atoms with E-state index < -0.39 is 0 Å². The number of nitrogens with one attached hydrogen (secondary N) is 1. The van der Waals surface area contributed by atoms with E-state index in [9.17, 15) is 4.79 Å². The number of para-hydroxylation sites is 1. The van der Waals surface area contributed by atoms with Crippen molar-refractivity contribution in [3.05, 3.63) is 86.9 Å². The average molecular weight is 548 g/mol. The molecule has 4 rings (SSSR count). The van der Waals surface area contributed by atoms with Crippen LogP contribution in [0.5, 0.6) is 0 Å². The molecule has 10 heteroatoms. The quantitative estimate of drug-likeness (QED) is 0.144. The van der Waals surface area contributed by atoms with Crippen LogP contribution < -0.4 is 5.32 Å². The summed E-state index contributed by atoms with van der Waals surface area (Å²) < 4.78 is 0. The Balaban J connectivity index is 1.44. The topological polar surface area (TPSA) is 67.2 Å². The van der Waals surface area contributed by atoms with Crippen LogP contribution in [0.25, 0.3) is 11.3 Å². The van der Waals surface area contributed by atoms with E-state index in [0.29, 0.717) is 26.0 Å². The Hall–Kier alpha value is -2.42. The van der Waals surface area contributed by atoms with Crippen molar-refractivity contribution in [3.63, 3.8) is 0 Å². The van der Waals surface area contributed by atoms with E-state index >= 15 is 0 Å². The van der Waals surface area contributed by atoms with Crippen molar-refractivity contribution in [1.82, 2.24) is 9.97 Å². The Bertz CT molecular complexity index is 1360. The number of carbonyl (C=O) groups excluding carboxylic acids is 1. The Morgan fingerprint density at radius 1 is 1.15 bits per heavy atom. The second kappa shape index (κ2) is 11.3. The summed E-state index contributed by atoms with van der Waals surface area (Å²) in [5, 5.41) is 6.27. The van der Waals surface area contributed by atoms with E-state index in [4.69, 9.17) is 34.8 Å². The minimum absolute atomic E-state index is 0.165. The molecule has 0 aliphatic rings. The van der Waals surface area contributed by atoms with E-state index in [1.807, 2.05) is 42.6 Å². The first-order valence-corrected chi connectivity index (χ1v) is 12.9. The average Bonchev–Trinajstić information content (AvgIpc) is 3.27. The highest BCUT2D eigenvalue weighted by Crippen LogP contribution is 2.35. The number of nitrogens with zero attached hydrogens (tertiary/aromatic N) is 3. The molecule has 34 heavy (non-hydrogen) atoms. The number of carbonyl (C=O) groups is 1. The van der Waals surface area contributed by atoms with E-state index in [-0.39, 0.29) is 11.2 Å². The van der Waals surface area contributed by atoms with Gasteiger partial charge in [0.15, 0.2) is 5.13 Å². The van der Waals surface area contributed by atoms with Crippen molar-refractivity contribution in [2.45, 2.75) is 17.1 Å². The first-order valence-electron chi connectivity index (χ1n) is 10.0. The predicted molar refractivity (Wildman–Crippen MR) is 144 cm³/mol. The van der Waals surface area contributed by atoms with E-state index in [1.54, 1.807) is 36.7 Å². The summed E-state index contributed by atoms with van der Waals surface area (Å²) in [5.74, 6) is -0.165. The van der Waals surface area contributed by atoms with Crippen LogP contribution in [0.3, 0.4) is 0 Å². The number of benzene rings is 2. The number of hydrogen-bond acceptors (Lipinski definition) is 6. The van der Waals surface area contributed by atoms with Crippen LogP contribution in [0.1, 0.15) is 12.5 Å². The summed E-state index contributed by atoms with van der Waals surface area (Å²) in [6.07, 6.45) is 3.29. The maximum atomic E-state index is 12.8. The summed E-state index contributed by atoms with van der Waals surface area (Å²) in [6, 6.07) is 16.5. The van der Waals surface area contributed by atoms with Crippen molar-refractivity contribution in [2.75, 3.05) is 5.32 Å². The van der Waals surface area contributed by atoms with Gasteiger partial charge in [0.25, 0.3) is 0 Å². The van der Waals surface area contributed by atoms with Gasteiger partial charge in [-0.15, -0.1) is 23.1 Å². The SMILES string of the molecule is C[C@H](Sc1ccccc1N=Cc1cccnc1Cl)C(=O)Nc1nc(-c2ccc(Cl)cc2Cl)cs1. The summed E-state index contributed by atoms with van der Waals surface area (Å²) in [7, 11) is 0. The number of aromatic nitrogens is 2. The first-order chi connectivity index (χ1) is 16.4.